The summed E-state index contributed by atoms with van der Waals surface area (Å²) in [6, 6.07) is 8.59. The maximum Gasteiger partial charge on any atom is 0.271 e. The topological polar surface area (TPSA) is 119 Å². The predicted octanol–water partition coefficient (Wildman–Crippen LogP) is 2.87. The van der Waals surface area contributed by atoms with Crippen LogP contribution in [0.2, 0.25) is 0 Å². The zero-order valence-corrected chi connectivity index (χ0v) is 19.0. The Morgan fingerprint density at radius 1 is 1.16 bits per heavy atom. The molecule has 0 saturated heterocycles. The molecule has 168 valence electrons. The summed E-state index contributed by atoms with van der Waals surface area (Å²) in [7, 11) is -3.89. The van der Waals surface area contributed by atoms with E-state index < -0.39 is 26.9 Å². The number of anilines is 1. The number of rotatable bonds is 9. The minimum Gasteiger partial charge on any atom is -0.491 e. The summed E-state index contributed by atoms with van der Waals surface area (Å²) >= 11 is 0. The summed E-state index contributed by atoms with van der Waals surface area (Å²) < 4.78 is 31.5. The lowest BCUT2D eigenvalue weighted by molar-refractivity contribution is -0.384. The van der Waals surface area contributed by atoms with Gasteiger partial charge in [-0.2, -0.15) is 0 Å². The van der Waals surface area contributed by atoms with Crippen LogP contribution in [0.5, 0.6) is 5.75 Å². The molecule has 0 bridgehead atoms. The Bertz CT molecular complexity index is 1080. The molecule has 2 aromatic carbocycles. The Labute approximate surface area is 182 Å². The van der Waals surface area contributed by atoms with Crippen molar-refractivity contribution in [2.24, 2.45) is 0 Å². The molecule has 0 fully saturated rings. The van der Waals surface area contributed by atoms with Gasteiger partial charge in [0.05, 0.1) is 23.4 Å². The van der Waals surface area contributed by atoms with Crippen LogP contribution in [-0.4, -0.2) is 44.7 Å². The second-order valence-corrected chi connectivity index (χ2v) is 9.23. The molecule has 9 nitrogen and oxygen atoms in total. The fourth-order valence-corrected chi connectivity index (χ4v) is 4.30. The zero-order valence-electron chi connectivity index (χ0n) is 18.2. The van der Waals surface area contributed by atoms with Crippen molar-refractivity contribution in [1.29, 1.82) is 0 Å². The highest BCUT2D eigenvalue weighted by Crippen LogP contribution is 2.29. The molecule has 1 amide bonds. The maximum atomic E-state index is 12.7. The fraction of sp³-hybridized carbons (Fsp3) is 0.381. The number of non-ortho nitro benzene ring substituents is 1. The van der Waals surface area contributed by atoms with Gasteiger partial charge in [-0.3, -0.25) is 19.2 Å². The quantitative estimate of drug-likeness (QED) is 0.357. The highest BCUT2D eigenvalue weighted by atomic mass is 32.2. The minimum atomic E-state index is -3.89. The third kappa shape index (κ3) is 6.17. The standard InChI is InChI=1S/C21H27N3O6S/c1-14-6-7-16(3)20(12-14)30-11-10-22-21(25)17(4)23(31(5,28)29)19-13-18(24(26)27)9-8-15(19)2/h6-9,12-13,17H,10-11H2,1-5H3,(H,22,25)/t17-/m1/s1. The van der Waals surface area contributed by atoms with Gasteiger partial charge < -0.3 is 10.1 Å². The third-order valence-electron chi connectivity index (χ3n) is 4.73. The molecule has 1 N–H and O–H groups in total. The summed E-state index contributed by atoms with van der Waals surface area (Å²) in [4.78, 5) is 23.2. The highest BCUT2D eigenvalue weighted by molar-refractivity contribution is 7.92. The number of nitrogens with one attached hydrogen (secondary N) is 1. The van der Waals surface area contributed by atoms with Crippen molar-refractivity contribution < 1.29 is 22.9 Å². The molecular weight excluding hydrogens is 422 g/mol. The number of ether oxygens (including phenoxy) is 1. The van der Waals surface area contributed by atoms with Crippen LogP contribution in [0.25, 0.3) is 0 Å². The second-order valence-electron chi connectivity index (χ2n) is 7.37. The molecule has 1 atom stereocenters. The Morgan fingerprint density at radius 2 is 1.81 bits per heavy atom. The Balaban J connectivity index is 2.13. The van der Waals surface area contributed by atoms with Gasteiger partial charge >= 0.3 is 0 Å². The van der Waals surface area contributed by atoms with Crippen molar-refractivity contribution in [3.8, 4) is 5.75 Å². The van der Waals surface area contributed by atoms with E-state index in [9.17, 15) is 23.3 Å². The molecule has 2 aromatic rings. The normalized spacial score (nSPS) is 12.2. The third-order valence-corrected chi connectivity index (χ3v) is 5.96. The van der Waals surface area contributed by atoms with E-state index in [4.69, 9.17) is 4.74 Å². The van der Waals surface area contributed by atoms with Crippen LogP contribution in [0.15, 0.2) is 36.4 Å². The molecule has 0 radical (unpaired) electrons. The number of hydrogen-bond acceptors (Lipinski definition) is 6. The van der Waals surface area contributed by atoms with E-state index >= 15 is 0 Å². The van der Waals surface area contributed by atoms with E-state index in [0.29, 0.717) is 11.3 Å². The van der Waals surface area contributed by atoms with Gasteiger partial charge in [0.25, 0.3) is 5.69 Å². The van der Waals surface area contributed by atoms with Gasteiger partial charge in [-0.25, -0.2) is 8.42 Å². The van der Waals surface area contributed by atoms with Crippen LogP contribution in [-0.2, 0) is 14.8 Å². The van der Waals surface area contributed by atoms with Crippen LogP contribution in [0.3, 0.4) is 0 Å². The van der Waals surface area contributed by atoms with Crippen LogP contribution >= 0.6 is 0 Å². The molecule has 2 rings (SSSR count). The number of hydrogen-bond donors (Lipinski definition) is 1. The van der Waals surface area contributed by atoms with E-state index in [1.54, 1.807) is 6.92 Å². The van der Waals surface area contributed by atoms with Gasteiger partial charge in [0.2, 0.25) is 15.9 Å². The molecule has 0 aromatic heterocycles. The molecule has 0 aliphatic heterocycles. The summed E-state index contributed by atoms with van der Waals surface area (Å²) in [5, 5.41) is 13.8. The number of benzene rings is 2. The van der Waals surface area contributed by atoms with Crippen molar-refractivity contribution in [2.75, 3.05) is 23.7 Å². The van der Waals surface area contributed by atoms with Crippen LogP contribution < -0.4 is 14.4 Å². The van der Waals surface area contributed by atoms with E-state index in [0.717, 1.165) is 27.8 Å². The Kier molecular flexibility index (Phi) is 7.61. The molecule has 10 heteroatoms. The first-order valence-corrected chi connectivity index (χ1v) is 11.5. The summed E-state index contributed by atoms with van der Waals surface area (Å²) in [6.07, 6.45) is 0.957. The number of amides is 1. The number of carbonyl (C=O) groups excluding carboxylic acids is 1. The average molecular weight is 450 g/mol. The number of carbonyl (C=O) groups is 1. The predicted molar refractivity (Wildman–Crippen MR) is 119 cm³/mol. The van der Waals surface area contributed by atoms with Crippen LogP contribution in [0.1, 0.15) is 23.6 Å². The van der Waals surface area contributed by atoms with E-state index in [1.165, 1.54) is 19.1 Å². The van der Waals surface area contributed by atoms with Gasteiger partial charge in [-0.05, 0) is 50.5 Å². The minimum absolute atomic E-state index is 0.0889. The number of nitro groups is 1. The van der Waals surface area contributed by atoms with Gasteiger partial charge in [-0.15, -0.1) is 0 Å². The van der Waals surface area contributed by atoms with Crippen LogP contribution in [0, 0.1) is 30.9 Å². The summed E-state index contributed by atoms with van der Waals surface area (Å²) in [6.45, 7) is 7.30. The van der Waals surface area contributed by atoms with E-state index in [2.05, 4.69) is 5.32 Å². The first-order chi connectivity index (χ1) is 14.4. The molecule has 31 heavy (non-hydrogen) atoms. The van der Waals surface area contributed by atoms with Gasteiger partial charge in [-0.1, -0.05) is 18.2 Å². The Morgan fingerprint density at radius 3 is 2.42 bits per heavy atom. The van der Waals surface area contributed by atoms with Crippen molar-refractivity contribution in [1.82, 2.24) is 5.32 Å². The van der Waals surface area contributed by atoms with Crippen molar-refractivity contribution in [2.45, 2.75) is 33.7 Å². The summed E-state index contributed by atoms with van der Waals surface area (Å²) in [5.41, 5.74) is 2.34. The lowest BCUT2D eigenvalue weighted by atomic mass is 10.1. The number of aryl methyl sites for hydroxylation is 3. The first-order valence-electron chi connectivity index (χ1n) is 9.64. The van der Waals surface area contributed by atoms with E-state index in [-0.39, 0.29) is 24.5 Å². The number of sulfonamides is 1. The van der Waals surface area contributed by atoms with Gasteiger partial charge in [0.15, 0.2) is 0 Å². The van der Waals surface area contributed by atoms with E-state index in [1.807, 2.05) is 32.0 Å². The fourth-order valence-electron chi connectivity index (χ4n) is 3.08. The van der Waals surface area contributed by atoms with Crippen molar-refractivity contribution in [3.63, 3.8) is 0 Å². The lowest BCUT2D eigenvalue weighted by Gasteiger charge is -2.29. The van der Waals surface area contributed by atoms with Crippen LogP contribution in [0.4, 0.5) is 11.4 Å². The smallest absolute Gasteiger partial charge is 0.271 e. The molecule has 0 unspecified atom stereocenters. The Hall–Kier alpha value is -3.14. The zero-order chi connectivity index (χ0) is 23.3. The molecule has 0 spiro atoms. The monoisotopic (exact) mass is 449 g/mol. The molecule has 0 aliphatic carbocycles. The second kappa shape index (κ2) is 9.78. The SMILES string of the molecule is Cc1ccc(C)c(OCCNC(=O)[C@@H](C)N(c2cc([N+](=O)[O-])ccc2C)S(C)(=O)=O)c1. The lowest BCUT2D eigenvalue weighted by Crippen LogP contribution is -2.48. The van der Waals surface area contributed by atoms with Gasteiger partial charge in [0.1, 0.15) is 18.4 Å². The molecule has 0 saturated carbocycles. The first kappa shape index (κ1) is 24.1. The number of nitro benzene ring substituents is 1. The van der Waals surface area contributed by atoms with Gasteiger partial charge in [0, 0.05) is 12.1 Å². The average Bonchev–Trinajstić information content (AvgIpc) is 2.67. The van der Waals surface area contributed by atoms with Crippen molar-refractivity contribution >= 4 is 27.3 Å². The molecular formula is C21H27N3O6S. The molecule has 0 heterocycles. The molecule has 0 aliphatic rings. The summed E-state index contributed by atoms with van der Waals surface area (Å²) in [5.74, 6) is 0.174. The maximum absolute atomic E-state index is 12.7. The highest BCUT2D eigenvalue weighted by Gasteiger charge is 2.31. The largest absolute Gasteiger partial charge is 0.491 e. The number of nitrogens with zero attached hydrogens (tertiary/aromatic N) is 2. The van der Waals surface area contributed by atoms with Crippen molar-refractivity contribution in [3.05, 3.63) is 63.2 Å².